The first kappa shape index (κ1) is 13.8. The first-order valence-corrected chi connectivity index (χ1v) is 6.61. The summed E-state index contributed by atoms with van der Waals surface area (Å²) in [5.41, 5.74) is 1.02. The van der Waals surface area contributed by atoms with Crippen molar-refractivity contribution >= 4 is 5.97 Å². The van der Waals surface area contributed by atoms with E-state index in [0.717, 1.165) is 5.56 Å². The predicted molar refractivity (Wildman–Crippen MR) is 80.5 cm³/mol. The van der Waals surface area contributed by atoms with E-state index in [0.29, 0.717) is 11.6 Å². The van der Waals surface area contributed by atoms with Crippen molar-refractivity contribution in [1.29, 1.82) is 0 Å². The number of hydrogen-bond acceptors (Lipinski definition) is 5. The number of phenolic OH excluding ortho intramolecular Hbond substituents is 1. The van der Waals surface area contributed by atoms with E-state index < -0.39 is 5.97 Å². The van der Waals surface area contributed by atoms with E-state index in [-0.39, 0.29) is 11.3 Å². The van der Waals surface area contributed by atoms with Crippen LogP contribution in [-0.2, 0) is 0 Å². The zero-order chi connectivity index (χ0) is 15.4. The van der Waals surface area contributed by atoms with Gasteiger partial charge >= 0.3 is 5.97 Å². The van der Waals surface area contributed by atoms with Gasteiger partial charge in [0.05, 0.1) is 5.56 Å². The number of hydrogen-bond donors (Lipinski definition) is 1. The quantitative estimate of drug-likeness (QED) is 0.593. The van der Waals surface area contributed by atoms with Crippen LogP contribution in [0.25, 0.3) is 11.4 Å². The highest BCUT2D eigenvalue weighted by Gasteiger charge is 2.10. The molecule has 0 fully saturated rings. The second-order valence-electron chi connectivity index (χ2n) is 4.54. The highest BCUT2D eigenvalue weighted by atomic mass is 16.5. The highest BCUT2D eigenvalue weighted by molar-refractivity contribution is 5.90. The monoisotopic (exact) mass is 292 g/mol. The minimum Gasteiger partial charge on any atom is -0.508 e. The summed E-state index contributed by atoms with van der Waals surface area (Å²) in [5, 5.41) is 9.26. The molecule has 0 radical (unpaired) electrons. The van der Waals surface area contributed by atoms with Gasteiger partial charge < -0.3 is 9.84 Å². The number of esters is 1. The lowest BCUT2D eigenvalue weighted by Crippen LogP contribution is -2.09. The van der Waals surface area contributed by atoms with E-state index >= 15 is 0 Å². The number of nitrogens with zero attached hydrogens (tertiary/aromatic N) is 2. The summed E-state index contributed by atoms with van der Waals surface area (Å²) >= 11 is 0. The van der Waals surface area contributed by atoms with Crippen LogP contribution in [0.1, 0.15) is 10.4 Å². The zero-order valence-corrected chi connectivity index (χ0v) is 11.5. The third-order valence-corrected chi connectivity index (χ3v) is 2.97. The van der Waals surface area contributed by atoms with Crippen LogP contribution in [0.3, 0.4) is 0 Å². The molecule has 0 bridgehead atoms. The Morgan fingerprint density at radius 2 is 1.55 bits per heavy atom. The van der Waals surface area contributed by atoms with Crippen molar-refractivity contribution in [2.75, 3.05) is 0 Å². The molecular formula is C17H12N2O3. The Morgan fingerprint density at radius 3 is 2.18 bits per heavy atom. The lowest BCUT2D eigenvalue weighted by atomic mass is 10.2. The van der Waals surface area contributed by atoms with E-state index in [1.807, 2.05) is 6.07 Å². The maximum Gasteiger partial charge on any atom is 0.346 e. The van der Waals surface area contributed by atoms with Crippen molar-refractivity contribution in [3.63, 3.8) is 0 Å². The predicted octanol–water partition coefficient (Wildman–Crippen LogP) is 3.07. The molecule has 0 saturated carbocycles. The molecular weight excluding hydrogens is 280 g/mol. The molecule has 0 aliphatic heterocycles. The topological polar surface area (TPSA) is 72.3 Å². The van der Waals surface area contributed by atoms with E-state index in [9.17, 15) is 9.90 Å². The smallest absolute Gasteiger partial charge is 0.346 e. The lowest BCUT2D eigenvalue weighted by Gasteiger charge is -2.04. The fourth-order valence-corrected chi connectivity index (χ4v) is 1.85. The van der Waals surface area contributed by atoms with Crippen molar-refractivity contribution < 1.29 is 14.6 Å². The minimum atomic E-state index is -0.511. The highest BCUT2D eigenvalue weighted by Crippen LogP contribution is 2.18. The summed E-state index contributed by atoms with van der Waals surface area (Å²) in [6, 6.07) is 15.3. The van der Waals surface area contributed by atoms with E-state index in [4.69, 9.17) is 4.74 Å². The number of aromatic nitrogens is 2. The standard InChI is InChI=1S/C17H12N2O3/c20-14-8-6-12(7-9-14)16-18-10-13(11-19-16)17(21)22-15-4-2-1-3-5-15/h1-11,20H. The van der Waals surface area contributed by atoms with Crippen LogP contribution in [0.5, 0.6) is 11.5 Å². The molecule has 1 N–H and O–H groups in total. The average Bonchev–Trinajstić information content (AvgIpc) is 2.57. The first-order valence-electron chi connectivity index (χ1n) is 6.61. The summed E-state index contributed by atoms with van der Waals surface area (Å²) in [6.07, 6.45) is 2.83. The molecule has 0 aliphatic carbocycles. The summed E-state index contributed by atoms with van der Waals surface area (Å²) in [7, 11) is 0. The second-order valence-corrected chi connectivity index (χ2v) is 4.54. The number of para-hydroxylation sites is 1. The molecule has 0 unspecified atom stereocenters. The molecule has 3 aromatic rings. The van der Waals surface area contributed by atoms with E-state index in [1.165, 1.54) is 12.4 Å². The number of aromatic hydroxyl groups is 1. The number of rotatable bonds is 3. The fraction of sp³-hybridized carbons (Fsp3) is 0. The van der Waals surface area contributed by atoms with E-state index in [2.05, 4.69) is 9.97 Å². The summed E-state index contributed by atoms with van der Waals surface area (Å²) in [5.74, 6) is 0.599. The maximum absolute atomic E-state index is 12.0. The van der Waals surface area contributed by atoms with Gasteiger partial charge in [0.15, 0.2) is 5.82 Å². The first-order chi connectivity index (χ1) is 10.7. The number of benzene rings is 2. The van der Waals surface area contributed by atoms with Crippen molar-refractivity contribution in [2.45, 2.75) is 0 Å². The van der Waals surface area contributed by atoms with Gasteiger partial charge in [-0.25, -0.2) is 14.8 Å². The van der Waals surface area contributed by atoms with E-state index in [1.54, 1.807) is 48.5 Å². The van der Waals surface area contributed by atoms with Gasteiger partial charge in [0.1, 0.15) is 11.5 Å². The second kappa shape index (κ2) is 6.05. The molecule has 22 heavy (non-hydrogen) atoms. The SMILES string of the molecule is O=C(Oc1ccccc1)c1cnc(-c2ccc(O)cc2)nc1. The lowest BCUT2D eigenvalue weighted by molar-refractivity contribution is 0.0734. The summed E-state index contributed by atoms with van der Waals surface area (Å²) < 4.78 is 5.21. The number of phenols is 1. The molecule has 0 spiro atoms. The zero-order valence-electron chi connectivity index (χ0n) is 11.5. The molecule has 2 aromatic carbocycles. The van der Waals surface area contributed by atoms with Gasteiger partial charge in [-0.15, -0.1) is 0 Å². The van der Waals surface area contributed by atoms with Gasteiger partial charge in [-0.1, -0.05) is 18.2 Å². The van der Waals surface area contributed by atoms with Crippen molar-refractivity contribution in [3.8, 4) is 22.9 Å². The Kier molecular flexibility index (Phi) is 3.78. The normalized spacial score (nSPS) is 10.2. The minimum absolute atomic E-state index is 0.173. The molecule has 0 amide bonds. The van der Waals surface area contributed by atoms with Gasteiger partial charge in [0, 0.05) is 18.0 Å². The van der Waals surface area contributed by atoms with Gasteiger partial charge in [0.25, 0.3) is 0 Å². The largest absolute Gasteiger partial charge is 0.508 e. The third-order valence-electron chi connectivity index (χ3n) is 2.97. The van der Waals surface area contributed by atoms with Crippen LogP contribution in [0.4, 0.5) is 0 Å². The Morgan fingerprint density at radius 1 is 0.909 bits per heavy atom. The van der Waals surface area contributed by atoms with Crippen molar-refractivity contribution in [3.05, 3.63) is 72.6 Å². The Hall–Kier alpha value is -3.21. The van der Waals surface area contributed by atoms with Crippen LogP contribution in [0.15, 0.2) is 67.0 Å². The Labute approximate surface area is 126 Å². The van der Waals surface area contributed by atoms with Gasteiger partial charge in [-0.3, -0.25) is 0 Å². The summed E-state index contributed by atoms with van der Waals surface area (Å²) in [4.78, 5) is 20.3. The van der Waals surface area contributed by atoms with Gasteiger partial charge in [-0.2, -0.15) is 0 Å². The van der Waals surface area contributed by atoms with Crippen LogP contribution in [0, 0.1) is 0 Å². The third kappa shape index (κ3) is 3.09. The van der Waals surface area contributed by atoms with Gasteiger partial charge in [0.2, 0.25) is 0 Å². The Bertz CT molecular complexity index is 769. The molecule has 108 valence electrons. The van der Waals surface area contributed by atoms with Crippen LogP contribution >= 0.6 is 0 Å². The Balaban J connectivity index is 1.76. The van der Waals surface area contributed by atoms with Crippen LogP contribution in [0.2, 0.25) is 0 Å². The van der Waals surface area contributed by atoms with Gasteiger partial charge in [-0.05, 0) is 36.4 Å². The summed E-state index contributed by atoms with van der Waals surface area (Å²) in [6.45, 7) is 0. The molecule has 1 aromatic heterocycles. The molecule has 5 heteroatoms. The maximum atomic E-state index is 12.0. The molecule has 0 aliphatic rings. The fourth-order valence-electron chi connectivity index (χ4n) is 1.85. The number of carbonyl (C=O) groups is 1. The number of carbonyl (C=O) groups excluding carboxylic acids is 1. The number of ether oxygens (including phenoxy) is 1. The van der Waals surface area contributed by atoms with Crippen molar-refractivity contribution in [2.24, 2.45) is 0 Å². The molecule has 3 rings (SSSR count). The van der Waals surface area contributed by atoms with Crippen molar-refractivity contribution in [1.82, 2.24) is 9.97 Å². The molecule has 5 nitrogen and oxygen atoms in total. The van der Waals surface area contributed by atoms with Crippen LogP contribution < -0.4 is 4.74 Å². The molecule has 0 saturated heterocycles. The molecule has 0 atom stereocenters. The average molecular weight is 292 g/mol. The van der Waals surface area contributed by atoms with Crippen LogP contribution in [-0.4, -0.2) is 21.0 Å². The molecule has 1 heterocycles.